The molecule has 2 aliphatic rings. The number of aromatic nitrogens is 2. The lowest BCUT2D eigenvalue weighted by molar-refractivity contribution is 0.327. The zero-order valence-electron chi connectivity index (χ0n) is 12.2. The second-order valence-corrected chi connectivity index (χ2v) is 5.89. The molecule has 5 heteroatoms. The van der Waals surface area contributed by atoms with Gasteiger partial charge in [0, 0.05) is 38.1 Å². The highest BCUT2D eigenvalue weighted by atomic mass is 16.1. The maximum absolute atomic E-state index is 12.4. The Morgan fingerprint density at radius 2 is 2.30 bits per heavy atom. The van der Waals surface area contributed by atoms with Crippen LogP contribution >= 0.6 is 0 Å². The van der Waals surface area contributed by atoms with Gasteiger partial charge in [-0.15, -0.1) is 0 Å². The van der Waals surface area contributed by atoms with Crippen LogP contribution in [0.2, 0.25) is 0 Å². The fourth-order valence-electron chi connectivity index (χ4n) is 3.55. The lowest BCUT2D eigenvalue weighted by Crippen LogP contribution is -2.45. The summed E-state index contributed by atoms with van der Waals surface area (Å²) in [5.41, 5.74) is 0.0510. The van der Waals surface area contributed by atoms with Crippen LogP contribution in [0.3, 0.4) is 0 Å². The summed E-state index contributed by atoms with van der Waals surface area (Å²) in [7, 11) is 0. The van der Waals surface area contributed by atoms with Crippen molar-refractivity contribution in [1.29, 1.82) is 0 Å². The van der Waals surface area contributed by atoms with Crippen molar-refractivity contribution in [3.63, 3.8) is 0 Å². The first kappa shape index (κ1) is 13.6. The van der Waals surface area contributed by atoms with Crippen LogP contribution in [-0.4, -0.2) is 35.2 Å². The van der Waals surface area contributed by atoms with E-state index in [9.17, 15) is 4.79 Å². The van der Waals surface area contributed by atoms with Crippen molar-refractivity contribution >= 4 is 5.82 Å². The monoisotopic (exact) mass is 276 g/mol. The van der Waals surface area contributed by atoms with Crippen molar-refractivity contribution in [3.05, 3.63) is 22.7 Å². The number of hydrogen-bond acceptors (Lipinski definition) is 4. The molecule has 3 heterocycles. The van der Waals surface area contributed by atoms with Crippen molar-refractivity contribution in [3.8, 4) is 0 Å². The second-order valence-electron chi connectivity index (χ2n) is 5.89. The van der Waals surface area contributed by atoms with Gasteiger partial charge in [0.05, 0.1) is 0 Å². The largest absolute Gasteiger partial charge is 0.352 e. The molecular formula is C15H24N4O. The molecule has 2 fully saturated rings. The highest BCUT2D eigenvalue weighted by Crippen LogP contribution is 2.26. The van der Waals surface area contributed by atoms with E-state index in [4.69, 9.17) is 0 Å². The lowest BCUT2D eigenvalue weighted by atomic mass is 9.90. The third-order valence-electron chi connectivity index (χ3n) is 4.66. The van der Waals surface area contributed by atoms with E-state index >= 15 is 0 Å². The van der Waals surface area contributed by atoms with Gasteiger partial charge in [-0.3, -0.25) is 4.79 Å². The molecule has 0 amide bonds. The van der Waals surface area contributed by atoms with E-state index in [2.05, 4.69) is 15.2 Å². The first-order chi connectivity index (χ1) is 9.79. The Hall–Kier alpha value is -1.36. The molecule has 0 aromatic carbocycles. The minimum absolute atomic E-state index is 0.0510. The van der Waals surface area contributed by atoms with E-state index in [0.717, 1.165) is 26.1 Å². The molecule has 3 rings (SSSR count). The molecule has 2 atom stereocenters. The quantitative estimate of drug-likeness (QED) is 0.902. The smallest absolute Gasteiger partial charge is 0.293 e. The minimum atomic E-state index is 0.0510. The zero-order chi connectivity index (χ0) is 13.9. The third kappa shape index (κ3) is 2.59. The molecule has 1 N–H and O–H groups in total. The zero-order valence-corrected chi connectivity index (χ0v) is 12.2. The Labute approximate surface area is 120 Å². The van der Waals surface area contributed by atoms with Crippen molar-refractivity contribution < 1.29 is 0 Å². The number of rotatable bonds is 3. The van der Waals surface area contributed by atoms with Crippen molar-refractivity contribution in [2.24, 2.45) is 5.92 Å². The van der Waals surface area contributed by atoms with E-state index < -0.39 is 0 Å². The first-order valence-electron chi connectivity index (χ1n) is 7.83. The lowest BCUT2D eigenvalue weighted by Gasteiger charge is -2.36. The maximum atomic E-state index is 12.4. The molecule has 0 spiro atoms. The molecular weight excluding hydrogens is 252 g/mol. The maximum Gasteiger partial charge on any atom is 0.293 e. The highest BCUT2D eigenvalue weighted by Gasteiger charge is 2.30. The summed E-state index contributed by atoms with van der Waals surface area (Å²) < 4.78 is 1.74. The summed E-state index contributed by atoms with van der Waals surface area (Å²) in [4.78, 5) is 18.9. The molecule has 0 aliphatic carbocycles. The van der Waals surface area contributed by atoms with E-state index in [-0.39, 0.29) is 5.56 Å². The van der Waals surface area contributed by atoms with E-state index in [1.165, 1.54) is 19.3 Å². The van der Waals surface area contributed by atoms with Crippen LogP contribution in [0.5, 0.6) is 0 Å². The number of anilines is 1. The molecule has 1 aromatic heterocycles. The Morgan fingerprint density at radius 3 is 3.05 bits per heavy atom. The van der Waals surface area contributed by atoms with Crippen molar-refractivity contribution in [1.82, 2.24) is 14.9 Å². The van der Waals surface area contributed by atoms with E-state index in [1.807, 2.05) is 6.92 Å². The van der Waals surface area contributed by atoms with Gasteiger partial charge in [-0.25, -0.2) is 4.98 Å². The predicted octanol–water partition coefficient (Wildman–Crippen LogP) is 1.23. The Balaban J connectivity index is 1.78. The van der Waals surface area contributed by atoms with Gasteiger partial charge in [0.25, 0.3) is 5.56 Å². The summed E-state index contributed by atoms with van der Waals surface area (Å²) in [6, 6.07) is 0.634. The number of aryl methyl sites for hydroxylation is 1. The van der Waals surface area contributed by atoms with Crippen molar-refractivity contribution in [2.75, 3.05) is 24.5 Å². The molecule has 0 radical (unpaired) electrons. The summed E-state index contributed by atoms with van der Waals surface area (Å²) in [6.07, 6.45) is 8.50. The molecule has 20 heavy (non-hydrogen) atoms. The van der Waals surface area contributed by atoms with Crippen LogP contribution in [0.25, 0.3) is 0 Å². The van der Waals surface area contributed by atoms with Crippen LogP contribution in [-0.2, 0) is 6.54 Å². The molecule has 0 bridgehead atoms. The van der Waals surface area contributed by atoms with Crippen LogP contribution < -0.4 is 15.8 Å². The number of nitrogens with zero attached hydrogens (tertiary/aromatic N) is 3. The SMILES string of the molecule is CCn1ccnc(N2CCCC(C3CCCN3)C2)c1=O. The van der Waals surface area contributed by atoms with Crippen LogP contribution in [0, 0.1) is 5.92 Å². The Bertz CT molecular complexity index is 507. The third-order valence-corrected chi connectivity index (χ3v) is 4.66. The highest BCUT2D eigenvalue weighted by molar-refractivity contribution is 5.36. The summed E-state index contributed by atoms with van der Waals surface area (Å²) in [6.45, 7) is 5.77. The van der Waals surface area contributed by atoms with Gasteiger partial charge < -0.3 is 14.8 Å². The molecule has 2 unspecified atom stereocenters. The van der Waals surface area contributed by atoms with Gasteiger partial charge in [-0.05, 0) is 45.1 Å². The predicted molar refractivity (Wildman–Crippen MR) is 80.1 cm³/mol. The second kappa shape index (κ2) is 5.95. The molecule has 1 aromatic rings. The molecule has 2 saturated heterocycles. The van der Waals surface area contributed by atoms with Crippen LogP contribution in [0.15, 0.2) is 17.2 Å². The van der Waals surface area contributed by atoms with E-state index in [1.54, 1.807) is 17.0 Å². The van der Waals surface area contributed by atoms with Gasteiger partial charge in [-0.1, -0.05) is 0 Å². The standard InChI is InChI=1S/C15H24N4O/c1-2-18-10-8-17-14(15(18)20)19-9-4-5-12(11-19)13-6-3-7-16-13/h8,10,12-13,16H,2-7,9,11H2,1H3. The molecule has 2 aliphatic heterocycles. The Kier molecular flexibility index (Phi) is 4.05. The van der Waals surface area contributed by atoms with Crippen LogP contribution in [0.1, 0.15) is 32.6 Å². The number of hydrogen-bond donors (Lipinski definition) is 1. The fourth-order valence-corrected chi connectivity index (χ4v) is 3.55. The summed E-state index contributed by atoms with van der Waals surface area (Å²) in [5.74, 6) is 1.29. The van der Waals surface area contributed by atoms with Crippen molar-refractivity contribution in [2.45, 2.75) is 45.2 Å². The van der Waals surface area contributed by atoms with Crippen LogP contribution in [0.4, 0.5) is 5.82 Å². The topological polar surface area (TPSA) is 50.2 Å². The molecule has 110 valence electrons. The molecule has 5 nitrogen and oxygen atoms in total. The average Bonchev–Trinajstić information content (AvgIpc) is 3.02. The summed E-state index contributed by atoms with van der Waals surface area (Å²) >= 11 is 0. The minimum Gasteiger partial charge on any atom is -0.352 e. The number of nitrogens with one attached hydrogen (secondary N) is 1. The van der Waals surface area contributed by atoms with Gasteiger partial charge >= 0.3 is 0 Å². The van der Waals surface area contributed by atoms with E-state index in [0.29, 0.717) is 24.3 Å². The molecule has 0 saturated carbocycles. The van der Waals surface area contributed by atoms with Gasteiger partial charge in [0.15, 0.2) is 5.82 Å². The Morgan fingerprint density at radius 1 is 1.40 bits per heavy atom. The van der Waals surface area contributed by atoms with Gasteiger partial charge in [-0.2, -0.15) is 0 Å². The normalized spacial score (nSPS) is 26.9. The summed E-state index contributed by atoms with van der Waals surface area (Å²) in [5, 5.41) is 3.61. The number of piperidine rings is 1. The first-order valence-corrected chi connectivity index (χ1v) is 7.83. The van der Waals surface area contributed by atoms with Gasteiger partial charge in [0.2, 0.25) is 0 Å². The fraction of sp³-hybridized carbons (Fsp3) is 0.733. The van der Waals surface area contributed by atoms with Gasteiger partial charge in [0.1, 0.15) is 0 Å². The average molecular weight is 276 g/mol.